The van der Waals surface area contributed by atoms with Crippen molar-refractivity contribution in [3.05, 3.63) is 22.8 Å². The van der Waals surface area contributed by atoms with Gasteiger partial charge in [0.05, 0.1) is 10.7 Å². The summed E-state index contributed by atoms with van der Waals surface area (Å²) in [5, 5.41) is 4.77. The van der Waals surface area contributed by atoms with Crippen LogP contribution in [0.3, 0.4) is 0 Å². The number of hydrogen-bond donors (Lipinski definition) is 1. The van der Waals surface area contributed by atoms with Crippen molar-refractivity contribution >= 4 is 29.2 Å². The van der Waals surface area contributed by atoms with Crippen molar-refractivity contribution in [3.63, 3.8) is 0 Å². The van der Waals surface area contributed by atoms with Crippen molar-refractivity contribution < 1.29 is 0 Å². The molecule has 1 saturated heterocycles. The van der Waals surface area contributed by atoms with E-state index in [9.17, 15) is 0 Å². The van der Waals surface area contributed by atoms with Gasteiger partial charge in [0.25, 0.3) is 0 Å². The lowest BCUT2D eigenvalue weighted by Gasteiger charge is -2.37. The first-order valence-corrected chi connectivity index (χ1v) is 8.79. The molecule has 0 amide bonds. The van der Waals surface area contributed by atoms with Crippen LogP contribution in [0.15, 0.2) is 12.1 Å². The molecule has 0 saturated carbocycles. The first kappa shape index (κ1) is 15.9. The number of nitrogens with one attached hydrogen (secondary N) is 1. The molecule has 0 bridgehead atoms. The van der Waals surface area contributed by atoms with Gasteiger partial charge in [0, 0.05) is 36.7 Å². The summed E-state index contributed by atoms with van der Waals surface area (Å²) < 4.78 is 0. The zero-order valence-electron chi connectivity index (χ0n) is 12.5. The third kappa shape index (κ3) is 4.03. The SMILES string of the molecule is CCCNc1ccc(Cl)c(CN2CCSC(C)C2C)n1. The molecule has 2 unspecified atom stereocenters. The summed E-state index contributed by atoms with van der Waals surface area (Å²) in [6.45, 7) is 9.65. The average Bonchev–Trinajstić information content (AvgIpc) is 2.44. The highest BCUT2D eigenvalue weighted by Crippen LogP contribution is 2.27. The normalized spacial score (nSPS) is 23.8. The first-order valence-electron chi connectivity index (χ1n) is 7.36. The Hall–Kier alpha value is -0.450. The topological polar surface area (TPSA) is 28.2 Å². The van der Waals surface area contributed by atoms with Crippen LogP contribution in [0.2, 0.25) is 5.02 Å². The summed E-state index contributed by atoms with van der Waals surface area (Å²) in [5.41, 5.74) is 0.985. The minimum Gasteiger partial charge on any atom is -0.370 e. The molecule has 1 aliphatic heterocycles. The van der Waals surface area contributed by atoms with Gasteiger partial charge in [0.2, 0.25) is 0 Å². The van der Waals surface area contributed by atoms with Gasteiger partial charge in [-0.25, -0.2) is 4.98 Å². The molecular weight excluding hydrogens is 290 g/mol. The number of rotatable bonds is 5. The van der Waals surface area contributed by atoms with E-state index in [2.05, 4.69) is 47.7 Å². The van der Waals surface area contributed by atoms with Crippen molar-refractivity contribution in [1.29, 1.82) is 0 Å². The highest BCUT2D eigenvalue weighted by atomic mass is 35.5. The Morgan fingerprint density at radius 1 is 1.45 bits per heavy atom. The Balaban J connectivity index is 2.07. The van der Waals surface area contributed by atoms with Crippen molar-refractivity contribution in [1.82, 2.24) is 9.88 Å². The van der Waals surface area contributed by atoms with Gasteiger partial charge < -0.3 is 5.32 Å². The standard InChI is InChI=1S/C15H24ClN3S/c1-4-7-17-15-6-5-13(16)14(18-15)10-19-8-9-20-12(3)11(19)2/h5-6,11-12H,4,7-10H2,1-3H3,(H,17,18). The van der Waals surface area contributed by atoms with Crippen LogP contribution in [0.4, 0.5) is 5.82 Å². The number of thioether (sulfide) groups is 1. The smallest absolute Gasteiger partial charge is 0.126 e. The van der Waals surface area contributed by atoms with Gasteiger partial charge in [0.15, 0.2) is 0 Å². The highest BCUT2D eigenvalue weighted by molar-refractivity contribution is 8.00. The molecule has 112 valence electrons. The minimum atomic E-state index is 0.568. The summed E-state index contributed by atoms with van der Waals surface area (Å²) in [4.78, 5) is 7.16. The Morgan fingerprint density at radius 3 is 3.00 bits per heavy atom. The molecule has 1 aromatic rings. The summed E-state index contributed by atoms with van der Waals surface area (Å²) in [6, 6.07) is 4.48. The third-order valence-corrected chi connectivity index (χ3v) is 5.52. The van der Waals surface area contributed by atoms with Crippen LogP contribution in [0.1, 0.15) is 32.9 Å². The lowest BCUT2D eigenvalue weighted by atomic mass is 10.2. The van der Waals surface area contributed by atoms with E-state index in [1.165, 1.54) is 5.75 Å². The van der Waals surface area contributed by atoms with Gasteiger partial charge in [-0.2, -0.15) is 11.8 Å². The molecule has 2 rings (SSSR count). The molecule has 5 heteroatoms. The maximum Gasteiger partial charge on any atom is 0.126 e. The van der Waals surface area contributed by atoms with Gasteiger partial charge in [-0.1, -0.05) is 25.4 Å². The third-order valence-electron chi connectivity index (χ3n) is 3.84. The van der Waals surface area contributed by atoms with Crippen LogP contribution in [0.25, 0.3) is 0 Å². The highest BCUT2D eigenvalue weighted by Gasteiger charge is 2.25. The number of pyridine rings is 1. The fourth-order valence-corrected chi connectivity index (χ4v) is 3.69. The fourth-order valence-electron chi connectivity index (χ4n) is 2.36. The Kier molecular flexibility index (Phi) is 6.00. The second-order valence-electron chi connectivity index (χ2n) is 5.34. The predicted octanol–water partition coefficient (Wildman–Crippen LogP) is 3.88. The average molecular weight is 314 g/mol. The van der Waals surface area contributed by atoms with E-state index < -0.39 is 0 Å². The Morgan fingerprint density at radius 2 is 2.25 bits per heavy atom. The van der Waals surface area contributed by atoms with Gasteiger partial charge >= 0.3 is 0 Å². The van der Waals surface area contributed by atoms with E-state index in [1.54, 1.807) is 0 Å². The van der Waals surface area contributed by atoms with E-state index >= 15 is 0 Å². The van der Waals surface area contributed by atoms with E-state index in [-0.39, 0.29) is 0 Å². The molecule has 2 atom stereocenters. The number of anilines is 1. The maximum absolute atomic E-state index is 6.31. The molecule has 0 aromatic carbocycles. The van der Waals surface area contributed by atoms with Gasteiger partial charge in [-0.3, -0.25) is 4.90 Å². The van der Waals surface area contributed by atoms with E-state index in [4.69, 9.17) is 11.6 Å². The predicted molar refractivity (Wildman–Crippen MR) is 89.8 cm³/mol. The van der Waals surface area contributed by atoms with Crippen LogP contribution in [-0.4, -0.2) is 40.0 Å². The monoisotopic (exact) mass is 313 g/mol. The zero-order chi connectivity index (χ0) is 14.5. The largest absolute Gasteiger partial charge is 0.370 e. The molecule has 3 nitrogen and oxygen atoms in total. The molecule has 2 heterocycles. The van der Waals surface area contributed by atoms with E-state index in [0.29, 0.717) is 11.3 Å². The first-order chi connectivity index (χ1) is 9.61. The summed E-state index contributed by atoms with van der Waals surface area (Å²) >= 11 is 8.36. The summed E-state index contributed by atoms with van der Waals surface area (Å²) in [5.74, 6) is 2.12. The molecule has 0 spiro atoms. The molecule has 1 aromatic heterocycles. The van der Waals surface area contributed by atoms with Crippen molar-refractivity contribution in [2.45, 2.75) is 45.0 Å². The van der Waals surface area contributed by atoms with Crippen molar-refractivity contribution in [2.75, 3.05) is 24.2 Å². The molecule has 0 radical (unpaired) electrons. The molecule has 0 aliphatic carbocycles. The van der Waals surface area contributed by atoms with Crippen LogP contribution in [-0.2, 0) is 6.54 Å². The number of halogens is 1. The number of nitrogens with zero attached hydrogens (tertiary/aromatic N) is 2. The lowest BCUT2D eigenvalue weighted by molar-refractivity contribution is 0.202. The second-order valence-corrected chi connectivity index (χ2v) is 7.23. The van der Waals surface area contributed by atoms with Gasteiger partial charge in [-0.15, -0.1) is 0 Å². The Bertz CT molecular complexity index is 441. The second kappa shape index (κ2) is 7.53. The number of aromatic nitrogens is 1. The molecule has 1 fully saturated rings. The van der Waals surface area contributed by atoms with Crippen molar-refractivity contribution in [2.24, 2.45) is 0 Å². The fraction of sp³-hybridized carbons (Fsp3) is 0.667. The summed E-state index contributed by atoms with van der Waals surface area (Å²) in [6.07, 6.45) is 1.09. The quantitative estimate of drug-likeness (QED) is 0.893. The van der Waals surface area contributed by atoms with Gasteiger partial charge in [0.1, 0.15) is 5.82 Å². The van der Waals surface area contributed by atoms with Crippen LogP contribution in [0, 0.1) is 0 Å². The number of hydrogen-bond acceptors (Lipinski definition) is 4. The van der Waals surface area contributed by atoms with Gasteiger partial charge in [-0.05, 0) is 25.5 Å². The molecule has 1 aliphatic rings. The zero-order valence-corrected chi connectivity index (χ0v) is 14.1. The van der Waals surface area contributed by atoms with Crippen LogP contribution < -0.4 is 5.32 Å². The van der Waals surface area contributed by atoms with Crippen LogP contribution in [0.5, 0.6) is 0 Å². The lowest BCUT2D eigenvalue weighted by Crippen LogP contribution is -2.44. The Labute approximate surface area is 131 Å². The van der Waals surface area contributed by atoms with Crippen LogP contribution >= 0.6 is 23.4 Å². The molecule has 20 heavy (non-hydrogen) atoms. The minimum absolute atomic E-state index is 0.568. The summed E-state index contributed by atoms with van der Waals surface area (Å²) in [7, 11) is 0. The molecular formula is C15H24ClN3S. The van der Waals surface area contributed by atoms with E-state index in [0.717, 1.165) is 42.6 Å². The van der Waals surface area contributed by atoms with Crippen molar-refractivity contribution in [3.8, 4) is 0 Å². The maximum atomic E-state index is 6.31. The van der Waals surface area contributed by atoms with E-state index in [1.807, 2.05) is 12.1 Å². The molecule has 1 N–H and O–H groups in total.